The van der Waals surface area contributed by atoms with Crippen molar-refractivity contribution in [1.82, 2.24) is 9.88 Å². The van der Waals surface area contributed by atoms with Gasteiger partial charge in [0, 0.05) is 19.3 Å². The Bertz CT molecular complexity index is 573. The van der Waals surface area contributed by atoms with Crippen LogP contribution >= 0.6 is 0 Å². The lowest BCUT2D eigenvalue weighted by Crippen LogP contribution is -2.45. The summed E-state index contributed by atoms with van der Waals surface area (Å²) in [6.45, 7) is 6.74. The van der Waals surface area contributed by atoms with Crippen LogP contribution < -0.4 is 4.74 Å². The fourth-order valence-electron chi connectivity index (χ4n) is 4.00. The molecule has 0 bridgehead atoms. The maximum atomic E-state index is 9.69. The first-order valence-electron chi connectivity index (χ1n) is 9.24. The van der Waals surface area contributed by atoms with E-state index < -0.39 is 0 Å². The van der Waals surface area contributed by atoms with Crippen LogP contribution in [0.25, 0.3) is 0 Å². The third kappa shape index (κ3) is 3.82. The van der Waals surface area contributed by atoms with E-state index in [0.717, 1.165) is 30.5 Å². The first-order valence-corrected chi connectivity index (χ1v) is 9.24. The van der Waals surface area contributed by atoms with Gasteiger partial charge in [-0.3, -0.25) is 0 Å². The average Bonchev–Trinajstić information content (AvgIpc) is 2.61. The molecule has 2 heterocycles. The Morgan fingerprint density at radius 1 is 1.33 bits per heavy atom. The normalized spacial score (nSPS) is 24.8. The van der Waals surface area contributed by atoms with Gasteiger partial charge >= 0.3 is 0 Å². The topological polar surface area (TPSA) is 58.0 Å². The van der Waals surface area contributed by atoms with E-state index in [1.165, 1.54) is 32.1 Å². The number of fused-ring (bicyclic) bond motifs is 1. The molecule has 5 nitrogen and oxygen atoms in total. The highest BCUT2D eigenvalue weighted by Gasteiger charge is 2.33. The molecule has 24 heavy (non-hydrogen) atoms. The predicted molar refractivity (Wildman–Crippen MR) is 94.5 cm³/mol. The molecular weight excluding hydrogens is 302 g/mol. The molecular formula is C19H29N3O2. The number of hydrogen-bond donors (Lipinski definition) is 1. The Hall–Kier alpha value is -1.78. The largest absolute Gasteiger partial charge is 0.477 e. The van der Waals surface area contributed by atoms with Crippen molar-refractivity contribution in [1.29, 1.82) is 0 Å². The van der Waals surface area contributed by atoms with Gasteiger partial charge in [-0.2, -0.15) is 0 Å². The number of rotatable bonds is 4. The van der Waals surface area contributed by atoms with Crippen LogP contribution in [0, 0.1) is 17.8 Å². The molecule has 1 aromatic heterocycles. The van der Waals surface area contributed by atoms with E-state index >= 15 is 0 Å². The number of aromatic nitrogens is 1. The summed E-state index contributed by atoms with van der Waals surface area (Å²) in [6, 6.07) is 3.81. The number of ether oxygens (including phenoxy) is 1. The average molecular weight is 331 g/mol. The smallest absolute Gasteiger partial charge is 0.224 e. The molecule has 1 aromatic rings. The lowest BCUT2D eigenvalue weighted by Gasteiger charge is -2.42. The van der Waals surface area contributed by atoms with Crippen molar-refractivity contribution in [3.8, 4) is 5.88 Å². The minimum atomic E-state index is 0.423. The SMILES string of the molecule is CC(C)COc1ncccc1/C(=N/O)N1CCC2CCCCC2C1. The van der Waals surface area contributed by atoms with Crippen LogP contribution in [0.4, 0.5) is 0 Å². The third-order valence-electron chi connectivity index (χ3n) is 5.25. The molecule has 3 rings (SSSR count). The van der Waals surface area contributed by atoms with E-state index in [9.17, 15) is 5.21 Å². The molecule has 0 amide bonds. The van der Waals surface area contributed by atoms with Crippen LogP contribution in [0.5, 0.6) is 5.88 Å². The van der Waals surface area contributed by atoms with Gasteiger partial charge in [-0.15, -0.1) is 0 Å². The molecule has 132 valence electrons. The number of pyridine rings is 1. The first-order chi connectivity index (χ1) is 11.7. The fourth-order valence-corrected chi connectivity index (χ4v) is 4.00. The molecule has 0 spiro atoms. The minimum absolute atomic E-state index is 0.423. The molecule has 5 heteroatoms. The van der Waals surface area contributed by atoms with Crippen molar-refractivity contribution in [2.45, 2.75) is 46.0 Å². The second-order valence-corrected chi connectivity index (χ2v) is 7.52. The maximum absolute atomic E-state index is 9.69. The number of nitrogens with zero attached hydrogens (tertiary/aromatic N) is 3. The quantitative estimate of drug-likeness (QED) is 0.395. The Morgan fingerprint density at radius 2 is 2.12 bits per heavy atom. The van der Waals surface area contributed by atoms with E-state index in [4.69, 9.17) is 4.74 Å². The number of amidine groups is 1. The van der Waals surface area contributed by atoms with Crippen LogP contribution in [-0.2, 0) is 0 Å². The summed E-state index contributed by atoms with van der Waals surface area (Å²) in [6.07, 6.45) is 8.27. The molecule has 2 unspecified atom stereocenters. The third-order valence-corrected chi connectivity index (χ3v) is 5.25. The summed E-state index contributed by atoms with van der Waals surface area (Å²) in [7, 11) is 0. The summed E-state index contributed by atoms with van der Waals surface area (Å²) in [5.41, 5.74) is 0.787. The van der Waals surface area contributed by atoms with Gasteiger partial charge in [0.2, 0.25) is 5.88 Å². The zero-order valence-electron chi connectivity index (χ0n) is 14.8. The number of oxime groups is 1. The van der Waals surface area contributed by atoms with Gasteiger partial charge < -0.3 is 14.8 Å². The van der Waals surface area contributed by atoms with Gasteiger partial charge in [-0.1, -0.05) is 38.3 Å². The summed E-state index contributed by atoms with van der Waals surface area (Å²) in [4.78, 5) is 6.57. The molecule has 0 radical (unpaired) electrons. The van der Waals surface area contributed by atoms with Crippen LogP contribution in [0.2, 0.25) is 0 Å². The predicted octanol–water partition coefficient (Wildman–Crippen LogP) is 3.76. The summed E-state index contributed by atoms with van der Waals surface area (Å²) < 4.78 is 5.85. The van der Waals surface area contributed by atoms with Crippen LogP contribution in [-0.4, -0.2) is 40.6 Å². The summed E-state index contributed by atoms with van der Waals surface area (Å²) in [5.74, 6) is 3.16. The van der Waals surface area contributed by atoms with Crippen molar-refractivity contribution in [3.63, 3.8) is 0 Å². The number of likely N-dealkylation sites (tertiary alicyclic amines) is 1. The lowest BCUT2D eigenvalue weighted by atomic mass is 9.75. The molecule has 1 aliphatic heterocycles. The Kier molecular flexibility index (Phi) is 5.59. The summed E-state index contributed by atoms with van der Waals surface area (Å²) in [5, 5.41) is 13.3. The van der Waals surface area contributed by atoms with Gasteiger partial charge in [-0.25, -0.2) is 4.98 Å². The van der Waals surface area contributed by atoms with Crippen molar-refractivity contribution < 1.29 is 9.94 Å². The zero-order chi connectivity index (χ0) is 16.9. The van der Waals surface area contributed by atoms with Crippen molar-refractivity contribution >= 4 is 5.84 Å². The van der Waals surface area contributed by atoms with E-state index in [1.807, 2.05) is 12.1 Å². The zero-order valence-corrected chi connectivity index (χ0v) is 14.8. The minimum Gasteiger partial charge on any atom is -0.477 e. The molecule has 1 saturated carbocycles. The number of hydrogen-bond acceptors (Lipinski definition) is 4. The first kappa shape index (κ1) is 17.1. The highest BCUT2D eigenvalue weighted by Crippen LogP contribution is 2.36. The van der Waals surface area contributed by atoms with Gasteiger partial charge in [0.15, 0.2) is 5.84 Å². The Balaban J connectivity index is 1.77. The molecule has 1 aliphatic carbocycles. The highest BCUT2D eigenvalue weighted by atomic mass is 16.5. The fraction of sp³-hybridized carbons (Fsp3) is 0.684. The van der Waals surface area contributed by atoms with E-state index in [0.29, 0.717) is 24.2 Å². The maximum Gasteiger partial charge on any atom is 0.224 e. The summed E-state index contributed by atoms with van der Waals surface area (Å²) >= 11 is 0. The Morgan fingerprint density at radius 3 is 2.88 bits per heavy atom. The van der Waals surface area contributed by atoms with Crippen LogP contribution in [0.1, 0.15) is 51.5 Å². The second kappa shape index (κ2) is 7.86. The van der Waals surface area contributed by atoms with Gasteiger partial charge in [0.25, 0.3) is 0 Å². The van der Waals surface area contributed by atoms with Crippen LogP contribution in [0.3, 0.4) is 0 Å². The molecule has 2 atom stereocenters. The van der Waals surface area contributed by atoms with E-state index in [-0.39, 0.29) is 0 Å². The van der Waals surface area contributed by atoms with Gasteiger partial charge in [0.1, 0.15) is 0 Å². The van der Waals surface area contributed by atoms with Crippen LogP contribution in [0.15, 0.2) is 23.5 Å². The van der Waals surface area contributed by atoms with Gasteiger partial charge in [0.05, 0.1) is 12.2 Å². The van der Waals surface area contributed by atoms with Gasteiger partial charge in [-0.05, 0) is 42.7 Å². The van der Waals surface area contributed by atoms with Crippen molar-refractivity contribution in [3.05, 3.63) is 23.9 Å². The monoisotopic (exact) mass is 331 g/mol. The number of piperidine rings is 1. The standard InChI is InChI=1S/C19H29N3O2/c1-14(2)13-24-19-17(8-5-10-20-19)18(21-23)22-11-9-15-6-3-4-7-16(15)12-22/h5,8,10,14-16,23H,3-4,6-7,9,11-13H2,1-2H3/b21-18-. The molecule has 2 aliphatic rings. The van der Waals surface area contributed by atoms with Crippen molar-refractivity contribution in [2.24, 2.45) is 22.9 Å². The van der Waals surface area contributed by atoms with E-state index in [2.05, 4.69) is 28.9 Å². The lowest BCUT2D eigenvalue weighted by molar-refractivity contribution is 0.127. The molecule has 2 fully saturated rings. The second-order valence-electron chi connectivity index (χ2n) is 7.52. The van der Waals surface area contributed by atoms with Crippen molar-refractivity contribution in [2.75, 3.05) is 19.7 Å². The highest BCUT2D eigenvalue weighted by molar-refractivity contribution is 6.00. The van der Waals surface area contributed by atoms with E-state index in [1.54, 1.807) is 6.20 Å². The molecule has 0 aromatic carbocycles. The molecule has 1 N–H and O–H groups in total. The molecule has 1 saturated heterocycles. The Labute approximate surface area is 144 Å².